The molecule has 0 radical (unpaired) electrons. The number of halogens is 2. The van der Waals surface area contributed by atoms with Gasteiger partial charge in [-0.3, -0.25) is 4.79 Å². The molecule has 1 aromatic carbocycles. The summed E-state index contributed by atoms with van der Waals surface area (Å²) in [5, 5.41) is 11.8. The zero-order chi connectivity index (χ0) is 22.2. The molecule has 31 heavy (non-hydrogen) atoms. The molecule has 1 saturated heterocycles. The van der Waals surface area contributed by atoms with Crippen LogP contribution in [0.4, 0.5) is 14.6 Å². The van der Waals surface area contributed by atoms with Crippen molar-refractivity contribution >= 4 is 27.4 Å². The fourth-order valence-electron chi connectivity index (χ4n) is 3.64. The Morgan fingerprint density at radius 3 is 2.84 bits per heavy atom. The van der Waals surface area contributed by atoms with Crippen LogP contribution in [0.1, 0.15) is 28.5 Å². The third-order valence-electron chi connectivity index (χ3n) is 5.03. The lowest BCUT2D eigenvalue weighted by Crippen LogP contribution is -2.32. The van der Waals surface area contributed by atoms with Crippen LogP contribution >= 0.6 is 0 Å². The van der Waals surface area contributed by atoms with Crippen molar-refractivity contribution in [1.82, 2.24) is 19.9 Å². The van der Waals surface area contributed by atoms with E-state index in [4.69, 9.17) is 5.14 Å². The average molecular weight is 450 g/mol. The lowest BCUT2D eigenvalue weighted by molar-refractivity contribution is 0.0949. The SMILES string of the molecule is NS(=O)(=O)CCNC(=O)c1cnc2ccc(N3CC(F)CC3c3cccc(F)c3)nn12. The summed E-state index contributed by atoms with van der Waals surface area (Å²) in [6, 6.07) is 8.89. The first-order valence-electron chi connectivity index (χ1n) is 9.51. The monoisotopic (exact) mass is 450 g/mol. The van der Waals surface area contributed by atoms with Gasteiger partial charge < -0.3 is 10.2 Å². The van der Waals surface area contributed by atoms with E-state index in [-0.39, 0.29) is 25.2 Å². The number of aromatic nitrogens is 3. The zero-order valence-electron chi connectivity index (χ0n) is 16.3. The second kappa shape index (κ2) is 8.19. The number of nitrogens with zero attached hydrogens (tertiary/aromatic N) is 4. The number of primary sulfonamides is 1. The summed E-state index contributed by atoms with van der Waals surface area (Å²) in [6.07, 6.45) is 0.382. The highest BCUT2D eigenvalue weighted by Crippen LogP contribution is 2.36. The van der Waals surface area contributed by atoms with Gasteiger partial charge in [0.05, 0.1) is 24.5 Å². The predicted molar refractivity (Wildman–Crippen MR) is 109 cm³/mol. The molecule has 1 amide bonds. The Bertz CT molecular complexity index is 1230. The summed E-state index contributed by atoms with van der Waals surface area (Å²) in [5.74, 6) is -0.989. The van der Waals surface area contributed by atoms with Gasteiger partial charge in [0.15, 0.2) is 11.3 Å². The number of alkyl halides is 1. The van der Waals surface area contributed by atoms with E-state index in [1.54, 1.807) is 29.2 Å². The summed E-state index contributed by atoms with van der Waals surface area (Å²) in [4.78, 5) is 18.3. The average Bonchev–Trinajstić information content (AvgIpc) is 3.30. The molecule has 3 N–H and O–H groups in total. The molecule has 1 aliphatic rings. The summed E-state index contributed by atoms with van der Waals surface area (Å²) >= 11 is 0. The quantitative estimate of drug-likeness (QED) is 0.581. The van der Waals surface area contributed by atoms with E-state index in [1.165, 1.54) is 22.8 Å². The second-order valence-corrected chi connectivity index (χ2v) is 9.02. The Kier molecular flexibility index (Phi) is 5.58. The molecular weight excluding hydrogens is 430 g/mol. The number of sulfonamides is 1. The minimum Gasteiger partial charge on any atom is -0.350 e. The van der Waals surface area contributed by atoms with E-state index in [2.05, 4.69) is 15.4 Å². The van der Waals surface area contributed by atoms with Crippen LogP contribution in [0.25, 0.3) is 5.65 Å². The van der Waals surface area contributed by atoms with Gasteiger partial charge in [0.25, 0.3) is 5.91 Å². The minimum atomic E-state index is -3.71. The number of carbonyl (C=O) groups is 1. The van der Waals surface area contributed by atoms with E-state index < -0.39 is 39.7 Å². The molecule has 4 rings (SSSR count). The molecule has 2 atom stereocenters. The normalized spacial score (nSPS) is 19.1. The fourth-order valence-corrected chi connectivity index (χ4v) is 4.02. The highest BCUT2D eigenvalue weighted by atomic mass is 32.2. The van der Waals surface area contributed by atoms with Gasteiger partial charge in [-0.1, -0.05) is 12.1 Å². The summed E-state index contributed by atoms with van der Waals surface area (Å²) in [6.45, 7) is -0.0911. The van der Waals surface area contributed by atoms with E-state index in [0.717, 1.165) is 0 Å². The third-order valence-corrected chi connectivity index (χ3v) is 5.80. The van der Waals surface area contributed by atoms with Gasteiger partial charge in [0.2, 0.25) is 10.0 Å². The summed E-state index contributed by atoms with van der Waals surface area (Å²) in [7, 11) is -3.71. The highest BCUT2D eigenvalue weighted by molar-refractivity contribution is 7.89. The molecule has 3 aromatic rings. The van der Waals surface area contributed by atoms with Crippen molar-refractivity contribution in [3.05, 3.63) is 59.7 Å². The minimum absolute atomic E-state index is 0.0737. The van der Waals surface area contributed by atoms with Gasteiger partial charge in [-0.25, -0.2) is 31.8 Å². The maximum Gasteiger partial charge on any atom is 0.271 e. The molecule has 1 aliphatic heterocycles. The summed E-state index contributed by atoms with van der Waals surface area (Å²) < 4.78 is 51.4. The van der Waals surface area contributed by atoms with Crippen LogP contribution in [0.15, 0.2) is 42.6 Å². The number of rotatable bonds is 6. The van der Waals surface area contributed by atoms with E-state index in [9.17, 15) is 22.0 Å². The van der Waals surface area contributed by atoms with E-state index in [1.807, 2.05) is 0 Å². The van der Waals surface area contributed by atoms with E-state index >= 15 is 0 Å². The van der Waals surface area contributed by atoms with E-state index in [0.29, 0.717) is 17.0 Å². The maximum atomic E-state index is 14.3. The number of carbonyl (C=O) groups excluding carboxylic acids is 1. The van der Waals surface area contributed by atoms with Crippen LogP contribution in [0.3, 0.4) is 0 Å². The van der Waals surface area contributed by atoms with Crippen LogP contribution in [0, 0.1) is 5.82 Å². The number of benzene rings is 1. The molecule has 2 unspecified atom stereocenters. The first kappa shape index (κ1) is 21.1. The first-order chi connectivity index (χ1) is 14.7. The molecule has 0 aliphatic carbocycles. The number of imidazole rings is 1. The maximum absolute atomic E-state index is 14.3. The van der Waals surface area contributed by atoms with Crippen molar-refractivity contribution in [2.75, 3.05) is 23.7 Å². The van der Waals surface area contributed by atoms with Crippen LogP contribution in [-0.2, 0) is 10.0 Å². The van der Waals surface area contributed by atoms with Crippen molar-refractivity contribution in [3.8, 4) is 0 Å². The van der Waals surface area contributed by atoms with Crippen LogP contribution in [0.2, 0.25) is 0 Å². The Hall–Kier alpha value is -3.12. The van der Waals surface area contributed by atoms with Crippen molar-refractivity contribution < 1.29 is 22.0 Å². The van der Waals surface area contributed by atoms with Crippen molar-refractivity contribution in [3.63, 3.8) is 0 Å². The molecule has 3 heterocycles. The molecule has 12 heteroatoms. The van der Waals surface area contributed by atoms with Crippen LogP contribution < -0.4 is 15.4 Å². The van der Waals surface area contributed by atoms with Gasteiger partial charge >= 0.3 is 0 Å². The lowest BCUT2D eigenvalue weighted by Gasteiger charge is -2.25. The second-order valence-electron chi connectivity index (χ2n) is 7.28. The number of nitrogens with two attached hydrogens (primary N) is 1. The van der Waals surface area contributed by atoms with Crippen molar-refractivity contribution in [2.45, 2.75) is 18.6 Å². The zero-order valence-corrected chi connectivity index (χ0v) is 17.1. The third kappa shape index (κ3) is 4.64. The van der Waals surface area contributed by atoms with Crippen LogP contribution in [0.5, 0.6) is 0 Å². The molecular formula is C19H20F2N6O3S. The van der Waals surface area contributed by atoms with Crippen molar-refractivity contribution in [2.24, 2.45) is 5.14 Å². The Labute approximate surface area is 176 Å². The topological polar surface area (TPSA) is 123 Å². The molecule has 0 saturated carbocycles. The van der Waals surface area contributed by atoms with Gasteiger partial charge in [0.1, 0.15) is 17.8 Å². The summed E-state index contributed by atoms with van der Waals surface area (Å²) in [5.41, 5.74) is 1.11. The lowest BCUT2D eigenvalue weighted by atomic mass is 10.0. The Morgan fingerprint density at radius 2 is 2.10 bits per heavy atom. The molecule has 164 valence electrons. The first-order valence-corrected chi connectivity index (χ1v) is 11.2. The number of amides is 1. The number of anilines is 1. The van der Waals surface area contributed by atoms with Gasteiger partial charge in [-0.2, -0.15) is 0 Å². The van der Waals surface area contributed by atoms with Gasteiger partial charge in [-0.05, 0) is 29.8 Å². The highest BCUT2D eigenvalue weighted by Gasteiger charge is 2.34. The fraction of sp³-hybridized carbons (Fsp3) is 0.316. The smallest absolute Gasteiger partial charge is 0.271 e. The Balaban J connectivity index is 1.62. The molecule has 2 aromatic heterocycles. The van der Waals surface area contributed by atoms with Crippen LogP contribution in [-0.4, -0.2) is 53.9 Å². The molecule has 9 nitrogen and oxygen atoms in total. The number of fused-ring (bicyclic) bond motifs is 1. The standard InChI is InChI=1S/C19H20F2N6O3S/c20-13-3-1-2-12(8-13)15-9-14(21)11-26(15)18-5-4-17-24-10-16(27(17)25-18)19(28)23-6-7-31(22,29)30/h1-5,8,10,14-15H,6-7,9,11H2,(H,23,28)(H2,22,29,30). The van der Waals surface area contributed by atoms with Crippen molar-refractivity contribution in [1.29, 1.82) is 0 Å². The molecule has 0 bridgehead atoms. The van der Waals surface area contributed by atoms with Gasteiger partial charge in [0, 0.05) is 13.0 Å². The van der Waals surface area contributed by atoms with Gasteiger partial charge in [-0.15, -0.1) is 5.10 Å². The number of hydrogen-bond acceptors (Lipinski definition) is 6. The molecule has 1 fully saturated rings. The molecule has 0 spiro atoms. The number of nitrogens with one attached hydrogen (secondary N) is 1. The largest absolute Gasteiger partial charge is 0.350 e. The Morgan fingerprint density at radius 1 is 1.29 bits per heavy atom. The number of hydrogen-bond donors (Lipinski definition) is 2. The predicted octanol–water partition coefficient (Wildman–Crippen LogP) is 1.18.